The SMILES string of the molecule is CCOc1ccccc1C(=O)NCC(=O)Nc1ccccc1O. The molecule has 0 aliphatic carbocycles. The normalized spacial score (nSPS) is 9.96. The Morgan fingerprint density at radius 2 is 1.78 bits per heavy atom. The van der Waals surface area contributed by atoms with Crippen LogP contribution in [0.4, 0.5) is 5.69 Å². The molecule has 0 atom stereocenters. The van der Waals surface area contributed by atoms with Crippen molar-refractivity contribution in [3.05, 3.63) is 54.1 Å². The number of aromatic hydroxyl groups is 1. The summed E-state index contributed by atoms with van der Waals surface area (Å²) in [6.07, 6.45) is 0. The second kappa shape index (κ2) is 7.84. The molecule has 0 unspecified atom stereocenters. The minimum absolute atomic E-state index is 0.0335. The number of phenolic OH excluding ortho intramolecular Hbond substituents is 1. The van der Waals surface area contributed by atoms with E-state index in [1.54, 1.807) is 42.5 Å². The highest BCUT2D eigenvalue weighted by Gasteiger charge is 2.13. The number of carbonyl (C=O) groups is 2. The Kier molecular flexibility index (Phi) is 5.57. The van der Waals surface area contributed by atoms with Crippen LogP contribution < -0.4 is 15.4 Å². The standard InChI is InChI=1S/C17H18N2O4/c1-2-23-15-10-6-3-7-12(15)17(22)18-11-16(21)19-13-8-4-5-9-14(13)20/h3-10,20H,2,11H2,1H3,(H,18,22)(H,19,21). The maximum Gasteiger partial charge on any atom is 0.255 e. The van der Waals surface area contributed by atoms with Crippen molar-refractivity contribution in [2.75, 3.05) is 18.5 Å². The first-order valence-corrected chi connectivity index (χ1v) is 7.19. The summed E-state index contributed by atoms with van der Waals surface area (Å²) in [5, 5.41) is 14.6. The average molecular weight is 314 g/mol. The molecular formula is C17H18N2O4. The highest BCUT2D eigenvalue weighted by atomic mass is 16.5. The smallest absolute Gasteiger partial charge is 0.255 e. The van der Waals surface area contributed by atoms with E-state index in [0.717, 1.165) is 0 Å². The number of anilines is 1. The third-order valence-electron chi connectivity index (χ3n) is 3.02. The molecule has 2 amide bonds. The maximum absolute atomic E-state index is 12.1. The highest BCUT2D eigenvalue weighted by molar-refractivity contribution is 6.01. The summed E-state index contributed by atoms with van der Waals surface area (Å²) in [6.45, 7) is 2.06. The van der Waals surface area contributed by atoms with E-state index in [2.05, 4.69) is 10.6 Å². The average Bonchev–Trinajstić information content (AvgIpc) is 2.55. The van der Waals surface area contributed by atoms with Gasteiger partial charge < -0.3 is 20.5 Å². The van der Waals surface area contributed by atoms with Crippen LogP contribution in [0.25, 0.3) is 0 Å². The van der Waals surface area contributed by atoms with E-state index in [1.807, 2.05) is 6.92 Å². The molecule has 0 aromatic heterocycles. The van der Waals surface area contributed by atoms with Crippen molar-refractivity contribution in [3.63, 3.8) is 0 Å². The van der Waals surface area contributed by atoms with Gasteiger partial charge in [0, 0.05) is 0 Å². The summed E-state index contributed by atoms with van der Waals surface area (Å²) < 4.78 is 5.38. The molecule has 0 aliphatic rings. The van der Waals surface area contributed by atoms with Crippen molar-refractivity contribution in [1.29, 1.82) is 0 Å². The van der Waals surface area contributed by atoms with Gasteiger partial charge in [0.15, 0.2) is 0 Å². The zero-order chi connectivity index (χ0) is 16.7. The van der Waals surface area contributed by atoms with Crippen LogP contribution in [0.5, 0.6) is 11.5 Å². The van der Waals surface area contributed by atoms with Gasteiger partial charge in [-0.25, -0.2) is 0 Å². The lowest BCUT2D eigenvalue weighted by Crippen LogP contribution is -2.33. The van der Waals surface area contributed by atoms with E-state index < -0.39 is 11.8 Å². The molecule has 0 saturated carbocycles. The Morgan fingerprint density at radius 3 is 2.52 bits per heavy atom. The number of carbonyl (C=O) groups excluding carboxylic acids is 2. The van der Waals surface area contributed by atoms with Gasteiger partial charge in [-0.2, -0.15) is 0 Å². The van der Waals surface area contributed by atoms with Crippen molar-refractivity contribution in [2.45, 2.75) is 6.92 Å². The molecule has 0 spiro atoms. The molecule has 0 fully saturated rings. The van der Waals surface area contributed by atoms with E-state index in [9.17, 15) is 14.7 Å². The third kappa shape index (κ3) is 4.47. The van der Waals surface area contributed by atoms with Crippen LogP contribution >= 0.6 is 0 Å². The fourth-order valence-corrected chi connectivity index (χ4v) is 1.97. The molecule has 23 heavy (non-hydrogen) atoms. The topological polar surface area (TPSA) is 87.7 Å². The summed E-state index contributed by atoms with van der Waals surface area (Å²) in [5.74, 6) is -0.405. The molecule has 2 rings (SSSR count). The van der Waals surface area contributed by atoms with Crippen LogP contribution in [0, 0.1) is 0 Å². The first kappa shape index (κ1) is 16.4. The summed E-state index contributed by atoms with van der Waals surface area (Å²) in [7, 11) is 0. The van der Waals surface area contributed by atoms with Crippen LogP contribution in [0.2, 0.25) is 0 Å². The van der Waals surface area contributed by atoms with Gasteiger partial charge in [0.05, 0.1) is 24.4 Å². The van der Waals surface area contributed by atoms with E-state index >= 15 is 0 Å². The highest BCUT2D eigenvalue weighted by Crippen LogP contribution is 2.21. The number of benzene rings is 2. The van der Waals surface area contributed by atoms with Crippen molar-refractivity contribution in [1.82, 2.24) is 5.32 Å². The van der Waals surface area contributed by atoms with E-state index in [4.69, 9.17) is 4.74 Å². The van der Waals surface area contributed by atoms with Crippen molar-refractivity contribution >= 4 is 17.5 Å². The predicted molar refractivity (Wildman–Crippen MR) is 86.7 cm³/mol. The molecule has 6 heteroatoms. The number of hydrogen-bond acceptors (Lipinski definition) is 4. The largest absolute Gasteiger partial charge is 0.506 e. The van der Waals surface area contributed by atoms with E-state index in [1.165, 1.54) is 6.07 Å². The van der Waals surface area contributed by atoms with Gasteiger partial charge in [-0.15, -0.1) is 0 Å². The van der Waals surface area contributed by atoms with Gasteiger partial charge in [0.2, 0.25) is 5.91 Å². The Labute approximate surface area is 134 Å². The lowest BCUT2D eigenvalue weighted by Gasteiger charge is -2.11. The van der Waals surface area contributed by atoms with Crippen molar-refractivity contribution < 1.29 is 19.4 Å². The molecule has 2 aromatic carbocycles. The lowest BCUT2D eigenvalue weighted by atomic mass is 10.2. The van der Waals surface area contributed by atoms with Crippen LogP contribution in [-0.2, 0) is 4.79 Å². The molecule has 0 saturated heterocycles. The number of rotatable bonds is 6. The number of nitrogens with one attached hydrogen (secondary N) is 2. The summed E-state index contributed by atoms with van der Waals surface area (Å²) in [4.78, 5) is 24.0. The number of amides is 2. The monoisotopic (exact) mass is 314 g/mol. The van der Waals surface area contributed by atoms with Crippen molar-refractivity contribution in [3.8, 4) is 11.5 Å². The molecule has 3 N–H and O–H groups in total. The fourth-order valence-electron chi connectivity index (χ4n) is 1.97. The number of para-hydroxylation sites is 3. The van der Waals surface area contributed by atoms with Gasteiger partial charge in [-0.3, -0.25) is 9.59 Å². The van der Waals surface area contributed by atoms with Crippen molar-refractivity contribution in [2.24, 2.45) is 0 Å². The van der Waals surface area contributed by atoms with Crippen LogP contribution in [0.1, 0.15) is 17.3 Å². The fraction of sp³-hybridized carbons (Fsp3) is 0.176. The summed E-state index contributed by atoms with van der Waals surface area (Å²) >= 11 is 0. The molecule has 0 radical (unpaired) electrons. The molecule has 0 aliphatic heterocycles. The Bertz CT molecular complexity index is 700. The summed E-state index contributed by atoms with van der Waals surface area (Å²) in [6, 6.07) is 13.2. The molecule has 2 aromatic rings. The van der Waals surface area contributed by atoms with Gasteiger partial charge >= 0.3 is 0 Å². The van der Waals surface area contributed by atoms with Gasteiger partial charge in [0.1, 0.15) is 11.5 Å². The van der Waals surface area contributed by atoms with Crippen LogP contribution in [0.15, 0.2) is 48.5 Å². The Hall–Kier alpha value is -3.02. The predicted octanol–water partition coefficient (Wildman–Crippen LogP) is 2.16. The number of phenols is 1. The second-order valence-corrected chi connectivity index (χ2v) is 4.68. The first-order chi connectivity index (χ1) is 11.1. The number of hydrogen-bond donors (Lipinski definition) is 3. The Morgan fingerprint density at radius 1 is 1.09 bits per heavy atom. The quantitative estimate of drug-likeness (QED) is 0.713. The maximum atomic E-state index is 12.1. The van der Waals surface area contributed by atoms with Gasteiger partial charge in [-0.1, -0.05) is 24.3 Å². The zero-order valence-electron chi connectivity index (χ0n) is 12.7. The third-order valence-corrected chi connectivity index (χ3v) is 3.02. The van der Waals surface area contributed by atoms with E-state index in [0.29, 0.717) is 23.6 Å². The minimum atomic E-state index is -0.436. The summed E-state index contributed by atoms with van der Waals surface area (Å²) in [5.41, 5.74) is 0.658. The minimum Gasteiger partial charge on any atom is -0.506 e. The molecular weight excluding hydrogens is 296 g/mol. The van der Waals surface area contributed by atoms with E-state index in [-0.39, 0.29) is 12.3 Å². The van der Waals surface area contributed by atoms with Crippen LogP contribution in [0.3, 0.4) is 0 Å². The molecule has 6 nitrogen and oxygen atoms in total. The second-order valence-electron chi connectivity index (χ2n) is 4.68. The Balaban J connectivity index is 1.94. The lowest BCUT2D eigenvalue weighted by molar-refractivity contribution is -0.115. The van der Waals surface area contributed by atoms with Gasteiger partial charge in [-0.05, 0) is 31.2 Å². The molecule has 120 valence electrons. The molecule has 0 bridgehead atoms. The molecule has 0 heterocycles. The van der Waals surface area contributed by atoms with Crippen LogP contribution in [-0.4, -0.2) is 30.1 Å². The zero-order valence-corrected chi connectivity index (χ0v) is 12.7. The first-order valence-electron chi connectivity index (χ1n) is 7.19. The number of ether oxygens (including phenoxy) is 1. The van der Waals surface area contributed by atoms with Gasteiger partial charge in [0.25, 0.3) is 5.91 Å².